The van der Waals surface area contributed by atoms with Crippen molar-refractivity contribution in [2.45, 2.75) is 38.5 Å². The van der Waals surface area contributed by atoms with Crippen LogP contribution >= 0.6 is 27.5 Å². The van der Waals surface area contributed by atoms with Gasteiger partial charge in [-0.2, -0.15) is 0 Å². The Bertz CT molecular complexity index is 444. The molecular weight excluding hydrogens is 326 g/mol. The van der Waals surface area contributed by atoms with Crippen molar-refractivity contribution in [1.29, 1.82) is 0 Å². The van der Waals surface area contributed by atoms with Gasteiger partial charge in [0.2, 0.25) is 0 Å². The van der Waals surface area contributed by atoms with Gasteiger partial charge in [0, 0.05) is 11.0 Å². The fraction of sp³-hybridized carbons (Fsp3) is 0.533. The lowest BCUT2D eigenvalue weighted by Crippen LogP contribution is -2.26. The van der Waals surface area contributed by atoms with E-state index in [-0.39, 0.29) is 5.91 Å². The second-order valence-electron chi connectivity index (χ2n) is 5.15. The van der Waals surface area contributed by atoms with Crippen molar-refractivity contribution in [2.24, 2.45) is 5.92 Å². The first-order valence-corrected chi connectivity index (χ1v) is 8.08. The molecule has 0 heterocycles. The summed E-state index contributed by atoms with van der Waals surface area (Å²) in [5.41, 5.74) is 0.541. The molecule has 0 spiro atoms. The Kier molecular flexibility index (Phi) is 5.71. The standard InChI is InChI=1S/C15H19BrClNO/c16-13-8-4-7-12(14(13)17)15(19)18-10-9-11-5-2-1-3-6-11/h4,7-8,11H,1-3,5-6,9-10H2,(H,18,19). The lowest BCUT2D eigenvalue weighted by atomic mass is 9.87. The molecule has 2 rings (SSSR count). The van der Waals surface area contributed by atoms with E-state index in [0.29, 0.717) is 10.6 Å². The van der Waals surface area contributed by atoms with Crippen LogP contribution in [0.1, 0.15) is 48.9 Å². The minimum Gasteiger partial charge on any atom is -0.352 e. The van der Waals surface area contributed by atoms with Crippen molar-refractivity contribution in [3.05, 3.63) is 33.3 Å². The third kappa shape index (κ3) is 4.22. The molecule has 19 heavy (non-hydrogen) atoms. The molecule has 1 aromatic carbocycles. The zero-order valence-corrected chi connectivity index (χ0v) is 13.3. The summed E-state index contributed by atoms with van der Waals surface area (Å²) in [6, 6.07) is 5.41. The van der Waals surface area contributed by atoms with Crippen molar-refractivity contribution < 1.29 is 4.79 Å². The summed E-state index contributed by atoms with van der Waals surface area (Å²) in [6.45, 7) is 0.742. The van der Waals surface area contributed by atoms with Crippen molar-refractivity contribution in [1.82, 2.24) is 5.32 Å². The fourth-order valence-electron chi connectivity index (χ4n) is 2.64. The van der Waals surface area contributed by atoms with Gasteiger partial charge in [-0.15, -0.1) is 0 Å². The Balaban J connectivity index is 1.82. The molecule has 0 radical (unpaired) electrons. The second-order valence-corrected chi connectivity index (χ2v) is 6.38. The minimum absolute atomic E-state index is 0.0814. The molecule has 0 saturated heterocycles. The molecule has 1 amide bonds. The molecule has 1 aliphatic carbocycles. The number of nitrogens with one attached hydrogen (secondary N) is 1. The SMILES string of the molecule is O=C(NCCC1CCCCC1)c1cccc(Br)c1Cl. The Hall–Kier alpha value is -0.540. The lowest BCUT2D eigenvalue weighted by molar-refractivity contribution is 0.0950. The van der Waals surface area contributed by atoms with Crippen LogP contribution in [0.5, 0.6) is 0 Å². The van der Waals surface area contributed by atoms with Gasteiger partial charge in [0.1, 0.15) is 0 Å². The molecule has 1 saturated carbocycles. The zero-order valence-electron chi connectivity index (χ0n) is 10.9. The molecule has 0 bridgehead atoms. The van der Waals surface area contributed by atoms with Crippen molar-refractivity contribution in [3.8, 4) is 0 Å². The monoisotopic (exact) mass is 343 g/mol. The topological polar surface area (TPSA) is 29.1 Å². The largest absolute Gasteiger partial charge is 0.352 e. The van der Waals surface area contributed by atoms with Crippen LogP contribution in [0.3, 0.4) is 0 Å². The summed E-state index contributed by atoms with van der Waals surface area (Å²) in [4.78, 5) is 12.0. The maximum atomic E-state index is 12.0. The van der Waals surface area contributed by atoms with Gasteiger partial charge in [-0.3, -0.25) is 4.79 Å². The molecule has 1 aromatic rings. The van der Waals surface area contributed by atoms with Gasteiger partial charge in [-0.25, -0.2) is 0 Å². The van der Waals surface area contributed by atoms with E-state index in [1.54, 1.807) is 6.07 Å². The van der Waals surface area contributed by atoms with Crippen LogP contribution in [-0.4, -0.2) is 12.5 Å². The molecule has 1 fully saturated rings. The number of benzene rings is 1. The number of halogens is 2. The molecule has 1 N–H and O–H groups in total. The number of carbonyl (C=O) groups is 1. The van der Waals surface area contributed by atoms with E-state index in [1.165, 1.54) is 32.1 Å². The van der Waals surface area contributed by atoms with Gasteiger partial charge in [0.25, 0.3) is 5.91 Å². The van der Waals surface area contributed by atoms with Crippen molar-refractivity contribution in [2.75, 3.05) is 6.54 Å². The van der Waals surface area contributed by atoms with Crippen molar-refractivity contribution in [3.63, 3.8) is 0 Å². The molecule has 0 aromatic heterocycles. The minimum atomic E-state index is -0.0814. The summed E-state index contributed by atoms with van der Waals surface area (Å²) in [7, 11) is 0. The normalized spacial score (nSPS) is 16.3. The van der Waals surface area contributed by atoms with Gasteiger partial charge in [0.05, 0.1) is 10.6 Å². The first-order valence-electron chi connectivity index (χ1n) is 6.90. The van der Waals surface area contributed by atoms with E-state index < -0.39 is 0 Å². The number of rotatable bonds is 4. The molecule has 1 aliphatic rings. The highest BCUT2D eigenvalue weighted by Gasteiger charge is 2.15. The van der Waals surface area contributed by atoms with Gasteiger partial charge in [0.15, 0.2) is 0 Å². The smallest absolute Gasteiger partial charge is 0.252 e. The van der Waals surface area contributed by atoms with Crippen LogP contribution in [-0.2, 0) is 0 Å². The predicted molar refractivity (Wildman–Crippen MR) is 82.7 cm³/mol. The number of hydrogen-bond acceptors (Lipinski definition) is 1. The summed E-state index contributed by atoms with van der Waals surface area (Å²) in [6.07, 6.45) is 7.76. The summed E-state index contributed by atoms with van der Waals surface area (Å²) in [5, 5.41) is 3.45. The van der Waals surface area contributed by atoms with Gasteiger partial charge >= 0.3 is 0 Å². The highest BCUT2D eigenvalue weighted by molar-refractivity contribution is 9.10. The lowest BCUT2D eigenvalue weighted by Gasteiger charge is -2.21. The van der Waals surface area contributed by atoms with Gasteiger partial charge in [-0.1, -0.05) is 49.8 Å². The third-order valence-electron chi connectivity index (χ3n) is 3.76. The maximum absolute atomic E-state index is 12.0. The van der Waals surface area contributed by atoms with E-state index >= 15 is 0 Å². The molecule has 0 aliphatic heterocycles. The van der Waals surface area contributed by atoms with Crippen LogP contribution in [0.25, 0.3) is 0 Å². The Labute approximate surface area is 128 Å². The zero-order chi connectivity index (χ0) is 13.7. The van der Waals surface area contributed by atoms with E-state index in [2.05, 4.69) is 21.2 Å². The van der Waals surface area contributed by atoms with Gasteiger partial charge in [-0.05, 0) is 40.4 Å². The average Bonchev–Trinajstić information content (AvgIpc) is 2.43. The van der Waals surface area contributed by atoms with Crippen molar-refractivity contribution >= 4 is 33.4 Å². The number of carbonyl (C=O) groups excluding carboxylic acids is 1. The van der Waals surface area contributed by atoms with Crippen LogP contribution in [0, 0.1) is 5.92 Å². The first kappa shape index (κ1) is 14.9. The molecular formula is C15H19BrClNO. The summed E-state index contributed by atoms with van der Waals surface area (Å²) in [5.74, 6) is 0.703. The molecule has 0 atom stereocenters. The highest BCUT2D eigenvalue weighted by atomic mass is 79.9. The Morgan fingerprint density at radius 1 is 1.32 bits per heavy atom. The maximum Gasteiger partial charge on any atom is 0.252 e. The Morgan fingerprint density at radius 3 is 2.79 bits per heavy atom. The molecule has 4 heteroatoms. The second kappa shape index (κ2) is 7.30. The van der Waals surface area contributed by atoms with Crippen LogP contribution in [0.2, 0.25) is 5.02 Å². The average molecular weight is 345 g/mol. The van der Waals surface area contributed by atoms with Crippen LogP contribution in [0.4, 0.5) is 0 Å². The Morgan fingerprint density at radius 2 is 2.05 bits per heavy atom. The predicted octanol–water partition coefficient (Wildman–Crippen LogP) is 4.80. The molecule has 104 valence electrons. The quantitative estimate of drug-likeness (QED) is 0.835. The van der Waals surface area contributed by atoms with E-state index in [4.69, 9.17) is 11.6 Å². The van der Waals surface area contributed by atoms with Gasteiger partial charge < -0.3 is 5.32 Å². The molecule has 2 nitrogen and oxygen atoms in total. The highest BCUT2D eigenvalue weighted by Crippen LogP contribution is 2.27. The van der Waals surface area contributed by atoms with E-state index in [0.717, 1.165) is 23.4 Å². The van der Waals surface area contributed by atoms with Crippen LogP contribution < -0.4 is 5.32 Å². The number of amides is 1. The summed E-state index contributed by atoms with van der Waals surface area (Å²) < 4.78 is 0.758. The number of hydrogen-bond donors (Lipinski definition) is 1. The van der Waals surface area contributed by atoms with E-state index in [1.807, 2.05) is 12.1 Å². The van der Waals surface area contributed by atoms with Crippen LogP contribution in [0.15, 0.2) is 22.7 Å². The first-order chi connectivity index (χ1) is 9.18. The molecule has 0 unspecified atom stereocenters. The van der Waals surface area contributed by atoms with E-state index in [9.17, 15) is 4.79 Å². The fourth-order valence-corrected chi connectivity index (χ4v) is 3.22. The third-order valence-corrected chi connectivity index (χ3v) is 5.06. The summed E-state index contributed by atoms with van der Waals surface area (Å²) >= 11 is 9.44.